The van der Waals surface area contributed by atoms with Gasteiger partial charge in [-0.15, -0.1) is 11.6 Å². The first kappa shape index (κ1) is 9.52. The van der Waals surface area contributed by atoms with Crippen LogP contribution >= 0.6 is 11.6 Å². The second kappa shape index (κ2) is 4.00. The predicted molar refractivity (Wildman–Crippen MR) is 53.1 cm³/mol. The number of aromatic amines is 1. The molecule has 0 aliphatic carbocycles. The second-order valence-electron chi connectivity index (χ2n) is 3.43. The number of halogens is 1. The molecule has 1 amide bonds. The molecule has 1 aliphatic rings. The van der Waals surface area contributed by atoms with Crippen molar-refractivity contribution in [2.24, 2.45) is 0 Å². The standard InChI is InChI=1S/C9H12ClN3O/c10-7-5-9(14)13(6-7)4-1-8-11-2-3-12-8/h2-3,7H,1,4-6H2,(H,11,12). The van der Waals surface area contributed by atoms with Crippen molar-refractivity contribution in [3.05, 3.63) is 18.2 Å². The highest BCUT2D eigenvalue weighted by Crippen LogP contribution is 2.16. The van der Waals surface area contributed by atoms with Crippen molar-refractivity contribution in [1.82, 2.24) is 14.9 Å². The number of likely N-dealkylation sites (tertiary alicyclic amines) is 1. The van der Waals surface area contributed by atoms with E-state index >= 15 is 0 Å². The Morgan fingerprint density at radius 2 is 2.57 bits per heavy atom. The zero-order valence-corrected chi connectivity index (χ0v) is 8.50. The molecule has 1 aromatic heterocycles. The number of nitrogens with one attached hydrogen (secondary N) is 1. The van der Waals surface area contributed by atoms with E-state index in [1.165, 1.54) is 0 Å². The summed E-state index contributed by atoms with van der Waals surface area (Å²) in [5.41, 5.74) is 0. The van der Waals surface area contributed by atoms with E-state index in [9.17, 15) is 4.79 Å². The Morgan fingerprint density at radius 1 is 1.71 bits per heavy atom. The zero-order chi connectivity index (χ0) is 9.97. The van der Waals surface area contributed by atoms with Gasteiger partial charge in [-0.05, 0) is 0 Å². The smallest absolute Gasteiger partial charge is 0.224 e. The summed E-state index contributed by atoms with van der Waals surface area (Å²) in [5.74, 6) is 1.06. The molecular weight excluding hydrogens is 202 g/mol. The van der Waals surface area contributed by atoms with E-state index < -0.39 is 0 Å². The summed E-state index contributed by atoms with van der Waals surface area (Å²) >= 11 is 5.88. The molecule has 1 saturated heterocycles. The Morgan fingerprint density at radius 3 is 3.14 bits per heavy atom. The van der Waals surface area contributed by atoms with Gasteiger partial charge in [0.25, 0.3) is 0 Å². The van der Waals surface area contributed by atoms with Crippen molar-refractivity contribution in [2.45, 2.75) is 18.2 Å². The summed E-state index contributed by atoms with van der Waals surface area (Å²) in [6.45, 7) is 1.37. The maximum absolute atomic E-state index is 11.4. The van der Waals surface area contributed by atoms with Crippen LogP contribution < -0.4 is 0 Å². The Bertz CT molecular complexity index is 312. The molecule has 1 aromatic rings. The van der Waals surface area contributed by atoms with Crippen LogP contribution in [0.5, 0.6) is 0 Å². The summed E-state index contributed by atoms with van der Waals surface area (Å²) in [6, 6.07) is 0. The van der Waals surface area contributed by atoms with Gasteiger partial charge in [0.05, 0.1) is 5.38 Å². The first-order valence-corrected chi connectivity index (χ1v) is 5.09. The van der Waals surface area contributed by atoms with E-state index in [0.29, 0.717) is 19.5 Å². The molecule has 14 heavy (non-hydrogen) atoms. The van der Waals surface area contributed by atoms with Gasteiger partial charge in [0, 0.05) is 38.3 Å². The number of hydrogen-bond donors (Lipinski definition) is 1. The van der Waals surface area contributed by atoms with Crippen LogP contribution in [0.3, 0.4) is 0 Å². The second-order valence-corrected chi connectivity index (χ2v) is 4.04. The molecule has 5 heteroatoms. The van der Waals surface area contributed by atoms with Gasteiger partial charge >= 0.3 is 0 Å². The first-order chi connectivity index (χ1) is 6.75. The van der Waals surface area contributed by atoms with Crippen LogP contribution in [-0.4, -0.2) is 39.2 Å². The molecule has 0 aromatic carbocycles. The summed E-state index contributed by atoms with van der Waals surface area (Å²) in [6.07, 6.45) is 4.74. The van der Waals surface area contributed by atoms with Gasteiger partial charge in [-0.1, -0.05) is 0 Å². The van der Waals surface area contributed by atoms with Crippen molar-refractivity contribution in [2.75, 3.05) is 13.1 Å². The molecule has 0 bridgehead atoms. The van der Waals surface area contributed by atoms with Gasteiger partial charge in [-0.2, -0.15) is 0 Å². The third-order valence-corrected chi connectivity index (χ3v) is 2.63. The normalized spacial score (nSPS) is 21.9. The number of carbonyl (C=O) groups excluding carboxylic acids is 1. The Hall–Kier alpha value is -1.03. The zero-order valence-electron chi connectivity index (χ0n) is 7.74. The molecule has 1 aliphatic heterocycles. The van der Waals surface area contributed by atoms with E-state index in [0.717, 1.165) is 12.2 Å². The molecule has 1 fully saturated rings. The topological polar surface area (TPSA) is 49.0 Å². The number of H-pyrrole nitrogens is 1. The molecule has 4 nitrogen and oxygen atoms in total. The number of imidazole rings is 1. The first-order valence-electron chi connectivity index (χ1n) is 4.66. The number of amides is 1. The van der Waals surface area contributed by atoms with Crippen molar-refractivity contribution >= 4 is 17.5 Å². The number of carbonyl (C=O) groups is 1. The molecule has 2 heterocycles. The maximum atomic E-state index is 11.4. The highest BCUT2D eigenvalue weighted by atomic mass is 35.5. The maximum Gasteiger partial charge on any atom is 0.224 e. The monoisotopic (exact) mass is 213 g/mol. The van der Waals surface area contributed by atoms with Gasteiger partial charge in [-0.3, -0.25) is 4.79 Å². The van der Waals surface area contributed by atoms with Gasteiger partial charge in [0.1, 0.15) is 5.82 Å². The lowest BCUT2D eigenvalue weighted by atomic mass is 10.4. The van der Waals surface area contributed by atoms with Gasteiger partial charge in [-0.25, -0.2) is 4.98 Å². The Kier molecular flexibility index (Phi) is 2.72. The van der Waals surface area contributed by atoms with Gasteiger partial charge < -0.3 is 9.88 Å². The minimum Gasteiger partial charge on any atom is -0.349 e. The fourth-order valence-corrected chi connectivity index (χ4v) is 1.91. The van der Waals surface area contributed by atoms with E-state index in [-0.39, 0.29) is 11.3 Å². The highest BCUT2D eigenvalue weighted by Gasteiger charge is 2.27. The predicted octanol–water partition coefficient (Wildman–Crippen LogP) is 0.792. The molecule has 0 saturated carbocycles. The fraction of sp³-hybridized carbons (Fsp3) is 0.556. The van der Waals surface area contributed by atoms with Crippen LogP contribution in [0.1, 0.15) is 12.2 Å². The van der Waals surface area contributed by atoms with E-state index in [4.69, 9.17) is 11.6 Å². The van der Waals surface area contributed by atoms with Crippen LogP contribution in [0.25, 0.3) is 0 Å². The summed E-state index contributed by atoms with van der Waals surface area (Å²) < 4.78 is 0. The molecule has 1 unspecified atom stereocenters. The summed E-state index contributed by atoms with van der Waals surface area (Å²) in [4.78, 5) is 20.2. The fourth-order valence-electron chi connectivity index (χ4n) is 1.62. The summed E-state index contributed by atoms with van der Waals surface area (Å²) in [7, 11) is 0. The third-order valence-electron chi connectivity index (χ3n) is 2.34. The minimum absolute atomic E-state index is 0.0147. The quantitative estimate of drug-likeness (QED) is 0.755. The Labute approximate surface area is 87.3 Å². The SMILES string of the molecule is O=C1CC(Cl)CN1CCc1ncc[nH]1. The average Bonchev–Trinajstić information content (AvgIpc) is 2.72. The van der Waals surface area contributed by atoms with Crippen molar-refractivity contribution in [3.63, 3.8) is 0 Å². The van der Waals surface area contributed by atoms with Crippen molar-refractivity contribution in [3.8, 4) is 0 Å². The van der Waals surface area contributed by atoms with Gasteiger partial charge in [0.2, 0.25) is 5.91 Å². The third kappa shape index (κ3) is 2.07. The average molecular weight is 214 g/mol. The largest absolute Gasteiger partial charge is 0.349 e. The molecule has 1 atom stereocenters. The van der Waals surface area contributed by atoms with Crippen LogP contribution in [0.4, 0.5) is 0 Å². The lowest BCUT2D eigenvalue weighted by molar-refractivity contribution is -0.127. The number of nitrogens with zero attached hydrogens (tertiary/aromatic N) is 2. The van der Waals surface area contributed by atoms with E-state index in [2.05, 4.69) is 9.97 Å². The molecule has 2 rings (SSSR count). The van der Waals surface area contributed by atoms with Crippen LogP contribution in [0.2, 0.25) is 0 Å². The van der Waals surface area contributed by atoms with E-state index in [1.54, 1.807) is 17.3 Å². The number of alkyl halides is 1. The van der Waals surface area contributed by atoms with Crippen LogP contribution in [-0.2, 0) is 11.2 Å². The van der Waals surface area contributed by atoms with E-state index in [1.807, 2.05) is 0 Å². The van der Waals surface area contributed by atoms with Crippen LogP contribution in [0, 0.1) is 0 Å². The number of hydrogen-bond acceptors (Lipinski definition) is 2. The van der Waals surface area contributed by atoms with Crippen molar-refractivity contribution < 1.29 is 4.79 Å². The molecular formula is C9H12ClN3O. The molecule has 0 spiro atoms. The summed E-state index contributed by atoms with van der Waals surface area (Å²) in [5, 5.41) is -0.0147. The van der Waals surface area contributed by atoms with Crippen molar-refractivity contribution in [1.29, 1.82) is 0 Å². The lowest BCUT2D eigenvalue weighted by Crippen LogP contribution is -2.27. The molecule has 1 N–H and O–H groups in total. The molecule has 76 valence electrons. The van der Waals surface area contributed by atoms with Crippen LogP contribution in [0.15, 0.2) is 12.4 Å². The highest BCUT2D eigenvalue weighted by molar-refractivity contribution is 6.22. The minimum atomic E-state index is -0.0147. The molecule has 0 radical (unpaired) electrons. The Balaban J connectivity index is 1.84. The number of rotatable bonds is 3. The number of aromatic nitrogens is 2. The van der Waals surface area contributed by atoms with Gasteiger partial charge in [0.15, 0.2) is 0 Å². The lowest BCUT2D eigenvalue weighted by Gasteiger charge is -2.14.